The number of aromatic nitrogens is 3. The van der Waals surface area contributed by atoms with E-state index in [4.69, 9.17) is 0 Å². The molecule has 0 radical (unpaired) electrons. The Labute approximate surface area is 143 Å². The number of nitrogens with zero attached hydrogens (tertiary/aromatic N) is 4. The summed E-state index contributed by atoms with van der Waals surface area (Å²) in [5, 5.41) is 12.4. The highest BCUT2D eigenvalue weighted by Gasteiger charge is 2.21. The number of nitrogens with one attached hydrogen (secondary N) is 1. The number of hydrogen-bond acceptors (Lipinski definition) is 5. The SMILES string of the molecule is CC1CCC(NC(=O)CSc2nnc(N(C)C)n2C(C)C)CC1. The van der Waals surface area contributed by atoms with Gasteiger partial charge in [-0.25, -0.2) is 0 Å². The lowest BCUT2D eigenvalue weighted by Crippen LogP contribution is -2.38. The summed E-state index contributed by atoms with van der Waals surface area (Å²) in [7, 11) is 3.90. The fourth-order valence-corrected chi connectivity index (χ4v) is 3.80. The van der Waals surface area contributed by atoms with Crippen LogP contribution >= 0.6 is 11.8 Å². The van der Waals surface area contributed by atoms with Crippen molar-refractivity contribution in [2.75, 3.05) is 24.7 Å². The van der Waals surface area contributed by atoms with E-state index in [0.717, 1.165) is 29.9 Å². The van der Waals surface area contributed by atoms with Crippen molar-refractivity contribution in [2.45, 2.75) is 63.7 Å². The number of carbonyl (C=O) groups excluding carboxylic acids is 1. The topological polar surface area (TPSA) is 63.1 Å². The molecule has 1 N–H and O–H groups in total. The van der Waals surface area contributed by atoms with E-state index in [2.05, 4.69) is 40.9 Å². The van der Waals surface area contributed by atoms with Gasteiger partial charge in [0, 0.05) is 26.2 Å². The first-order chi connectivity index (χ1) is 10.9. The van der Waals surface area contributed by atoms with Crippen molar-refractivity contribution in [1.82, 2.24) is 20.1 Å². The molecule has 1 aliphatic rings. The Kier molecular flexibility index (Phi) is 6.33. The van der Waals surface area contributed by atoms with Crippen LogP contribution in [-0.2, 0) is 4.79 Å². The second-order valence-electron chi connectivity index (χ2n) is 6.95. The summed E-state index contributed by atoms with van der Waals surface area (Å²) in [6.07, 6.45) is 4.63. The van der Waals surface area contributed by atoms with E-state index in [1.54, 1.807) is 0 Å². The smallest absolute Gasteiger partial charge is 0.230 e. The average Bonchev–Trinajstić information content (AvgIpc) is 2.92. The summed E-state index contributed by atoms with van der Waals surface area (Å²) in [5.41, 5.74) is 0. The Morgan fingerprint density at radius 3 is 2.52 bits per heavy atom. The second-order valence-corrected chi connectivity index (χ2v) is 7.90. The maximum atomic E-state index is 12.2. The highest BCUT2D eigenvalue weighted by molar-refractivity contribution is 7.99. The number of rotatable bonds is 6. The maximum Gasteiger partial charge on any atom is 0.230 e. The first-order valence-electron chi connectivity index (χ1n) is 8.42. The third kappa shape index (κ3) is 4.86. The van der Waals surface area contributed by atoms with Gasteiger partial charge in [0.2, 0.25) is 11.9 Å². The Bertz CT molecular complexity index is 521. The van der Waals surface area contributed by atoms with E-state index in [-0.39, 0.29) is 11.9 Å². The predicted molar refractivity (Wildman–Crippen MR) is 95.0 cm³/mol. The molecule has 130 valence electrons. The lowest BCUT2D eigenvalue weighted by atomic mass is 9.87. The van der Waals surface area contributed by atoms with Crippen LogP contribution in [-0.4, -0.2) is 46.6 Å². The number of carbonyl (C=O) groups is 1. The predicted octanol–water partition coefficient (Wildman–Crippen LogP) is 2.71. The summed E-state index contributed by atoms with van der Waals surface area (Å²) in [6.45, 7) is 6.49. The molecule has 0 aromatic carbocycles. The van der Waals surface area contributed by atoms with Gasteiger partial charge in [-0.1, -0.05) is 18.7 Å². The lowest BCUT2D eigenvalue weighted by molar-refractivity contribution is -0.119. The van der Waals surface area contributed by atoms with Crippen molar-refractivity contribution in [3.63, 3.8) is 0 Å². The molecule has 1 aromatic rings. The molecule has 1 heterocycles. The molecule has 1 amide bonds. The van der Waals surface area contributed by atoms with Crippen molar-refractivity contribution in [2.24, 2.45) is 5.92 Å². The normalized spacial score (nSPS) is 21.5. The van der Waals surface area contributed by atoms with Crippen LogP contribution in [0.2, 0.25) is 0 Å². The zero-order valence-corrected chi connectivity index (χ0v) is 15.7. The zero-order valence-electron chi connectivity index (χ0n) is 14.9. The molecule has 0 spiro atoms. The minimum absolute atomic E-state index is 0.0965. The number of anilines is 1. The van der Waals surface area contributed by atoms with Gasteiger partial charge in [0.05, 0.1) is 5.75 Å². The number of hydrogen-bond donors (Lipinski definition) is 1. The molecule has 0 unspecified atom stereocenters. The van der Waals surface area contributed by atoms with Crippen molar-refractivity contribution < 1.29 is 4.79 Å². The molecule has 0 atom stereocenters. The molecular formula is C16H29N5OS. The van der Waals surface area contributed by atoms with Crippen LogP contribution in [0, 0.1) is 5.92 Å². The summed E-state index contributed by atoms with van der Waals surface area (Å²) >= 11 is 1.46. The van der Waals surface area contributed by atoms with Crippen LogP contribution in [0.1, 0.15) is 52.5 Å². The molecule has 6 nitrogen and oxygen atoms in total. The molecule has 1 aromatic heterocycles. The van der Waals surface area contributed by atoms with Gasteiger partial charge < -0.3 is 10.2 Å². The molecule has 0 bridgehead atoms. The summed E-state index contributed by atoms with van der Waals surface area (Å²) in [5.74, 6) is 2.11. The van der Waals surface area contributed by atoms with Crippen LogP contribution in [0.5, 0.6) is 0 Å². The molecule has 1 aliphatic carbocycles. The van der Waals surface area contributed by atoms with Gasteiger partial charge in [-0.3, -0.25) is 9.36 Å². The second kappa shape index (κ2) is 8.04. The van der Waals surface area contributed by atoms with Crippen LogP contribution in [0.25, 0.3) is 0 Å². The van der Waals surface area contributed by atoms with E-state index in [9.17, 15) is 4.79 Å². The van der Waals surface area contributed by atoms with Crippen LogP contribution in [0.15, 0.2) is 5.16 Å². The first kappa shape index (κ1) is 18.1. The quantitative estimate of drug-likeness (QED) is 0.808. The molecule has 7 heteroatoms. The Balaban J connectivity index is 1.89. The van der Waals surface area contributed by atoms with Gasteiger partial charge in [-0.2, -0.15) is 0 Å². The molecular weight excluding hydrogens is 310 g/mol. The number of amides is 1. The highest BCUT2D eigenvalue weighted by atomic mass is 32.2. The summed E-state index contributed by atoms with van der Waals surface area (Å²) in [4.78, 5) is 14.1. The monoisotopic (exact) mass is 339 g/mol. The summed E-state index contributed by atoms with van der Waals surface area (Å²) < 4.78 is 2.07. The van der Waals surface area contributed by atoms with Crippen molar-refractivity contribution in [1.29, 1.82) is 0 Å². The van der Waals surface area contributed by atoms with E-state index in [1.165, 1.54) is 24.6 Å². The molecule has 0 aliphatic heterocycles. The standard InChI is InChI=1S/C16H29N5OS/c1-11(2)21-15(20(4)5)18-19-16(21)23-10-14(22)17-13-8-6-12(3)7-9-13/h11-13H,6-10H2,1-5H3,(H,17,22). The maximum absolute atomic E-state index is 12.2. The van der Waals surface area contributed by atoms with E-state index >= 15 is 0 Å². The van der Waals surface area contributed by atoms with Gasteiger partial charge >= 0.3 is 0 Å². The van der Waals surface area contributed by atoms with Crippen LogP contribution < -0.4 is 10.2 Å². The van der Waals surface area contributed by atoms with Gasteiger partial charge in [0.1, 0.15) is 0 Å². The Morgan fingerprint density at radius 2 is 1.96 bits per heavy atom. The minimum atomic E-state index is 0.0965. The third-order valence-corrected chi connectivity index (χ3v) is 5.22. The van der Waals surface area contributed by atoms with E-state index in [0.29, 0.717) is 11.8 Å². The minimum Gasteiger partial charge on any atom is -0.353 e. The van der Waals surface area contributed by atoms with Crippen molar-refractivity contribution in [3.8, 4) is 0 Å². The van der Waals surface area contributed by atoms with Gasteiger partial charge in [0.25, 0.3) is 0 Å². The van der Waals surface area contributed by atoms with Crippen molar-refractivity contribution in [3.05, 3.63) is 0 Å². The first-order valence-corrected chi connectivity index (χ1v) is 9.41. The Morgan fingerprint density at radius 1 is 1.30 bits per heavy atom. The average molecular weight is 340 g/mol. The van der Waals surface area contributed by atoms with Gasteiger partial charge in [-0.15, -0.1) is 10.2 Å². The third-order valence-electron chi connectivity index (χ3n) is 4.28. The van der Waals surface area contributed by atoms with Crippen LogP contribution in [0.3, 0.4) is 0 Å². The largest absolute Gasteiger partial charge is 0.353 e. The molecule has 1 saturated carbocycles. The van der Waals surface area contributed by atoms with Crippen molar-refractivity contribution >= 4 is 23.6 Å². The Hall–Kier alpha value is -1.24. The van der Waals surface area contributed by atoms with Crippen LogP contribution in [0.4, 0.5) is 5.95 Å². The van der Waals surface area contributed by atoms with Gasteiger partial charge in [0.15, 0.2) is 5.16 Å². The number of thioether (sulfide) groups is 1. The molecule has 23 heavy (non-hydrogen) atoms. The lowest BCUT2D eigenvalue weighted by Gasteiger charge is -2.26. The summed E-state index contributed by atoms with van der Waals surface area (Å²) in [6, 6.07) is 0.604. The fraction of sp³-hybridized carbons (Fsp3) is 0.812. The molecule has 0 saturated heterocycles. The molecule has 2 rings (SSSR count). The zero-order chi connectivity index (χ0) is 17.0. The highest BCUT2D eigenvalue weighted by Crippen LogP contribution is 2.26. The van der Waals surface area contributed by atoms with E-state index in [1.807, 2.05) is 19.0 Å². The fourth-order valence-electron chi connectivity index (χ4n) is 2.93. The van der Waals surface area contributed by atoms with Gasteiger partial charge in [-0.05, 0) is 45.4 Å². The molecule has 1 fully saturated rings. The van der Waals surface area contributed by atoms with E-state index < -0.39 is 0 Å².